The van der Waals surface area contributed by atoms with E-state index in [-0.39, 0.29) is 10.9 Å². The highest BCUT2D eigenvalue weighted by atomic mass is 35.5. The molecule has 1 N–H and O–H groups in total. The highest BCUT2D eigenvalue weighted by Crippen LogP contribution is 2.20. The van der Waals surface area contributed by atoms with E-state index < -0.39 is 10.0 Å². The normalized spacial score (nSPS) is 18.6. The number of halogens is 1. The van der Waals surface area contributed by atoms with E-state index in [0.717, 1.165) is 18.8 Å². The molecule has 0 saturated carbocycles. The van der Waals surface area contributed by atoms with Crippen LogP contribution in [0.5, 0.6) is 0 Å². The van der Waals surface area contributed by atoms with Crippen molar-refractivity contribution in [1.29, 1.82) is 0 Å². The van der Waals surface area contributed by atoms with Crippen LogP contribution in [0.2, 0.25) is 5.02 Å². The molecule has 1 aliphatic rings. The van der Waals surface area contributed by atoms with Crippen LogP contribution in [0.25, 0.3) is 0 Å². The highest BCUT2D eigenvalue weighted by molar-refractivity contribution is 7.89. The molecule has 0 radical (unpaired) electrons. The Morgan fingerprint density at radius 3 is 2.82 bits per heavy atom. The molecule has 1 fully saturated rings. The molecule has 0 aliphatic carbocycles. The molecule has 2 aromatic rings. The maximum absolute atomic E-state index is 12.4. The van der Waals surface area contributed by atoms with Gasteiger partial charge in [0.2, 0.25) is 10.0 Å². The summed E-state index contributed by atoms with van der Waals surface area (Å²) in [5.41, 5.74) is 0. The zero-order valence-corrected chi connectivity index (χ0v) is 13.4. The maximum atomic E-state index is 12.4. The zero-order valence-electron chi connectivity index (χ0n) is 11.8. The first-order valence-corrected chi connectivity index (χ1v) is 8.84. The van der Waals surface area contributed by atoms with E-state index in [4.69, 9.17) is 11.6 Å². The van der Waals surface area contributed by atoms with Gasteiger partial charge in [-0.2, -0.15) is 0 Å². The van der Waals surface area contributed by atoms with Crippen molar-refractivity contribution in [2.75, 3.05) is 18.0 Å². The molecule has 0 spiro atoms. The molecule has 1 saturated heterocycles. The summed E-state index contributed by atoms with van der Waals surface area (Å²) in [5.74, 6) is 0.868. The fraction of sp³-hybridized carbons (Fsp3) is 0.267. The number of nitrogens with one attached hydrogen (secondary N) is 1. The Morgan fingerprint density at radius 1 is 1.23 bits per heavy atom. The number of aromatic nitrogens is 1. The van der Waals surface area contributed by atoms with Crippen molar-refractivity contribution in [2.45, 2.75) is 17.4 Å². The lowest BCUT2D eigenvalue weighted by Gasteiger charge is -2.17. The minimum atomic E-state index is -3.55. The highest BCUT2D eigenvalue weighted by Gasteiger charge is 2.27. The number of benzene rings is 1. The number of anilines is 1. The summed E-state index contributed by atoms with van der Waals surface area (Å²) in [6.45, 7) is 1.39. The van der Waals surface area contributed by atoms with Crippen LogP contribution < -0.4 is 9.62 Å². The summed E-state index contributed by atoms with van der Waals surface area (Å²) in [6.07, 6.45) is 2.48. The molecule has 1 atom stereocenters. The van der Waals surface area contributed by atoms with Gasteiger partial charge < -0.3 is 4.90 Å². The Balaban J connectivity index is 1.69. The van der Waals surface area contributed by atoms with Crippen LogP contribution in [-0.2, 0) is 10.0 Å². The second-order valence-corrected chi connectivity index (χ2v) is 7.35. The lowest BCUT2D eigenvalue weighted by molar-refractivity contribution is 0.561. The SMILES string of the molecule is O=S(=O)(N[C@@H]1CCN(c2ccccn2)C1)c1cccc(Cl)c1. The van der Waals surface area contributed by atoms with Crippen LogP contribution >= 0.6 is 11.6 Å². The van der Waals surface area contributed by atoms with Gasteiger partial charge in [-0.25, -0.2) is 18.1 Å². The second kappa shape index (κ2) is 6.24. The first-order valence-electron chi connectivity index (χ1n) is 6.98. The number of sulfonamides is 1. The molecule has 7 heteroatoms. The Bertz CT molecular complexity index is 752. The quantitative estimate of drug-likeness (QED) is 0.929. The molecular weight excluding hydrogens is 322 g/mol. The van der Waals surface area contributed by atoms with Crippen molar-refractivity contribution in [3.8, 4) is 0 Å². The number of pyridine rings is 1. The summed E-state index contributed by atoms with van der Waals surface area (Å²) >= 11 is 5.86. The van der Waals surface area contributed by atoms with Gasteiger partial charge in [-0.3, -0.25) is 0 Å². The zero-order chi connectivity index (χ0) is 15.6. The van der Waals surface area contributed by atoms with Crippen LogP contribution in [0.1, 0.15) is 6.42 Å². The number of rotatable bonds is 4. The molecule has 0 unspecified atom stereocenters. The molecule has 1 aromatic heterocycles. The van der Waals surface area contributed by atoms with Crippen LogP contribution in [0.15, 0.2) is 53.6 Å². The van der Waals surface area contributed by atoms with Gasteiger partial charge in [0.1, 0.15) is 5.82 Å². The van der Waals surface area contributed by atoms with Crippen molar-refractivity contribution >= 4 is 27.4 Å². The predicted molar refractivity (Wildman–Crippen MR) is 86.6 cm³/mol. The Kier molecular flexibility index (Phi) is 4.33. The molecule has 22 heavy (non-hydrogen) atoms. The Hall–Kier alpha value is -1.63. The van der Waals surface area contributed by atoms with Crippen LogP contribution in [0, 0.1) is 0 Å². The summed E-state index contributed by atoms with van der Waals surface area (Å²) in [7, 11) is -3.55. The van der Waals surface area contributed by atoms with Gasteiger partial charge in [0.05, 0.1) is 4.90 Å². The Morgan fingerprint density at radius 2 is 2.09 bits per heavy atom. The van der Waals surface area contributed by atoms with Gasteiger partial charge >= 0.3 is 0 Å². The lowest BCUT2D eigenvalue weighted by Crippen LogP contribution is -2.37. The third-order valence-electron chi connectivity index (χ3n) is 3.59. The largest absolute Gasteiger partial charge is 0.355 e. The van der Waals surface area contributed by atoms with Crippen molar-refractivity contribution in [2.24, 2.45) is 0 Å². The van der Waals surface area contributed by atoms with Gasteiger partial charge in [0.15, 0.2) is 0 Å². The molecule has 5 nitrogen and oxygen atoms in total. The molecule has 0 amide bonds. The molecule has 0 bridgehead atoms. The van der Waals surface area contributed by atoms with Crippen LogP contribution in [0.4, 0.5) is 5.82 Å². The monoisotopic (exact) mass is 337 g/mol. The van der Waals surface area contributed by atoms with E-state index in [9.17, 15) is 8.42 Å². The summed E-state index contributed by atoms with van der Waals surface area (Å²) in [4.78, 5) is 6.56. The van der Waals surface area contributed by atoms with Crippen molar-refractivity contribution in [3.05, 3.63) is 53.7 Å². The van der Waals surface area contributed by atoms with Gasteiger partial charge in [0.25, 0.3) is 0 Å². The van der Waals surface area contributed by atoms with E-state index in [0.29, 0.717) is 11.6 Å². The van der Waals surface area contributed by atoms with E-state index in [1.807, 2.05) is 18.2 Å². The van der Waals surface area contributed by atoms with Crippen molar-refractivity contribution in [3.63, 3.8) is 0 Å². The topological polar surface area (TPSA) is 62.3 Å². The summed E-state index contributed by atoms with van der Waals surface area (Å²) in [6, 6.07) is 11.9. The third kappa shape index (κ3) is 3.40. The minimum absolute atomic E-state index is 0.133. The number of hydrogen-bond acceptors (Lipinski definition) is 4. The van der Waals surface area contributed by atoms with Crippen molar-refractivity contribution < 1.29 is 8.42 Å². The lowest BCUT2D eigenvalue weighted by atomic mass is 10.3. The molecule has 1 aliphatic heterocycles. The first kappa shape index (κ1) is 15.3. The molecule has 1 aromatic carbocycles. The first-order chi connectivity index (χ1) is 10.5. The standard InChI is InChI=1S/C15H16ClN3O2S/c16-12-4-3-5-14(10-12)22(20,21)18-13-7-9-19(11-13)15-6-1-2-8-17-15/h1-6,8,10,13,18H,7,9,11H2/t13-/m1/s1. The predicted octanol–water partition coefficient (Wildman–Crippen LogP) is 2.29. The average molecular weight is 338 g/mol. The molecule has 116 valence electrons. The Labute approximate surface area is 135 Å². The summed E-state index contributed by atoms with van der Waals surface area (Å²) in [5, 5.41) is 0.407. The van der Waals surface area contributed by atoms with E-state index in [1.165, 1.54) is 6.07 Å². The van der Waals surface area contributed by atoms with Gasteiger partial charge in [-0.15, -0.1) is 0 Å². The maximum Gasteiger partial charge on any atom is 0.240 e. The van der Waals surface area contributed by atoms with Crippen LogP contribution in [-0.4, -0.2) is 32.5 Å². The molecule has 2 heterocycles. The molecular formula is C15H16ClN3O2S. The average Bonchev–Trinajstić information content (AvgIpc) is 2.96. The van der Waals surface area contributed by atoms with Gasteiger partial charge in [-0.1, -0.05) is 23.7 Å². The van der Waals surface area contributed by atoms with Crippen LogP contribution in [0.3, 0.4) is 0 Å². The van der Waals surface area contributed by atoms with Crippen molar-refractivity contribution in [1.82, 2.24) is 9.71 Å². The molecule has 3 rings (SSSR count). The summed E-state index contributed by atoms with van der Waals surface area (Å²) < 4.78 is 27.5. The smallest absolute Gasteiger partial charge is 0.240 e. The number of nitrogens with zero attached hydrogens (tertiary/aromatic N) is 2. The van der Waals surface area contributed by atoms with E-state index in [1.54, 1.807) is 24.4 Å². The van der Waals surface area contributed by atoms with E-state index >= 15 is 0 Å². The fourth-order valence-corrected chi connectivity index (χ4v) is 4.09. The minimum Gasteiger partial charge on any atom is -0.355 e. The fourth-order valence-electron chi connectivity index (χ4n) is 2.53. The van der Waals surface area contributed by atoms with Gasteiger partial charge in [0, 0.05) is 30.4 Å². The number of hydrogen-bond donors (Lipinski definition) is 1. The van der Waals surface area contributed by atoms with E-state index in [2.05, 4.69) is 14.6 Å². The van der Waals surface area contributed by atoms with Gasteiger partial charge in [-0.05, 0) is 36.8 Å². The second-order valence-electron chi connectivity index (χ2n) is 5.20. The third-order valence-corrected chi connectivity index (χ3v) is 5.34.